The molecule has 0 fully saturated rings. The quantitative estimate of drug-likeness (QED) is 0.531. The lowest BCUT2D eigenvalue weighted by Gasteiger charge is -2.22. The number of ether oxygens (including phenoxy) is 1. The molecule has 2 aromatic rings. The molecule has 0 aliphatic heterocycles. The SMILES string of the molecule is CN=C(NCCS(=O)Cc1ccccc1)N(C)CCOc1ccc(C)cc1. The number of aliphatic imine (C=N–C) groups is 1. The van der Waals surface area contributed by atoms with Crippen LogP contribution in [0.1, 0.15) is 11.1 Å². The monoisotopic (exact) mass is 387 g/mol. The molecule has 0 heterocycles. The zero-order chi connectivity index (χ0) is 19.5. The summed E-state index contributed by atoms with van der Waals surface area (Å²) >= 11 is 0. The van der Waals surface area contributed by atoms with Crippen molar-refractivity contribution in [3.63, 3.8) is 0 Å². The number of likely N-dealkylation sites (N-methyl/N-ethyl adjacent to an activating group) is 1. The highest BCUT2D eigenvalue weighted by atomic mass is 32.2. The van der Waals surface area contributed by atoms with E-state index in [1.54, 1.807) is 7.05 Å². The van der Waals surface area contributed by atoms with E-state index < -0.39 is 10.8 Å². The maximum absolute atomic E-state index is 12.2. The second-order valence-electron chi connectivity index (χ2n) is 6.33. The molecule has 146 valence electrons. The van der Waals surface area contributed by atoms with Crippen LogP contribution in [0.25, 0.3) is 0 Å². The first-order valence-corrected chi connectivity index (χ1v) is 10.6. The maximum Gasteiger partial charge on any atom is 0.193 e. The molecule has 6 heteroatoms. The Labute approximate surface area is 164 Å². The third-order valence-electron chi connectivity index (χ3n) is 4.07. The molecule has 0 aliphatic carbocycles. The summed E-state index contributed by atoms with van der Waals surface area (Å²) < 4.78 is 18.0. The normalized spacial score (nSPS) is 12.5. The van der Waals surface area contributed by atoms with Gasteiger partial charge in [0.15, 0.2) is 5.96 Å². The largest absolute Gasteiger partial charge is 0.492 e. The highest BCUT2D eigenvalue weighted by molar-refractivity contribution is 7.84. The van der Waals surface area contributed by atoms with Crippen LogP contribution >= 0.6 is 0 Å². The highest BCUT2D eigenvalue weighted by Gasteiger charge is 2.07. The molecule has 1 N–H and O–H groups in total. The van der Waals surface area contributed by atoms with Gasteiger partial charge in [-0.25, -0.2) is 0 Å². The van der Waals surface area contributed by atoms with Crippen LogP contribution in [-0.4, -0.2) is 54.6 Å². The van der Waals surface area contributed by atoms with Gasteiger partial charge in [0.2, 0.25) is 0 Å². The summed E-state index contributed by atoms with van der Waals surface area (Å²) in [6.45, 7) is 3.95. The summed E-state index contributed by atoms with van der Waals surface area (Å²) in [6, 6.07) is 18.0. The van der Waals surface area contributed by atoms with Crippen molar-refractivity contribution in [3.8, 4) is 5.75 Å². The third kappa shape index (κ3) is 7.83. The molecule has 0 bridgehead atoms. The molecule has 0 aromatic heterocycles. The zero-order valence-corrected chi connectivity index (χ0v) is 17.2. The van der Waals surface area contributed by atoms with Gasteiger partial charge in [0.05, 0.1) is 6.54 Å². The molecular formula is C21H29N3O2S. The Morgan fingerprint density at radius 2 is 1.85 bits per heavy atom. The van der Waals surface area contributed by atoms with Crippen molar-refractivity contribution >= 4 is 16.8 Å². The van der Waals surface area contributed by atoms with Crippen LogP contribution in [-0.2, 0) is 16.6 Å². The Balaban J connectivity index is 1.67. The Morgan fingerprint density at radius 1 is 1.15 bits per heavy atom. The van der Waals surface area contributed by atoms with Crippen LogP contribution in [0.3, 0.4) is 0 Å². The number of rotatable bonds is 9. The first-order chi connectivity index (χ1) is 13.1. The maximum atomic E-state index is 12.2. The topological polar surface area (TPSA) is 53.9 Å². The van der Waals surface area contributed by atoms with E-state index >= 15 is 0 Å². The Hall–Kier alpha value is -2.34. The number of aryl methyl sites for hydroxylation is 1. The van der Waals surface area contributed by atoms with Crippen LogP contribution in [0.2, 0.25) is 0 Å². The van der Waals surface area contributed by atoms with Crippen LogP contribution in [0.4, 0.5) is 0 Å². The van der Waals surface area contributed by atoms with E-state index in [1.807, 2.05) is 66.5 Å². The Bertz CT molecular complexity index is 733. The van der Waals surface area contributed by atoms with E-state index in [2.05, 4.69) is 17.2 Å². The van der Waals surface area contributed by atoms with Gasteiger partial charge >= 0.3 is 0 Å². The average molecular weight is 388 g/mol. The van der Waals surface area contributed by atoms with Crippen LogP contribution < -0.4 is 10.1 Å². The zero-order valence-electron chi connectivity index (χ0n) is 16.4. The van der Waals surface area contributed by atoms with E-state index in [0.29, 0.717) is 31.2 Å². The van der Waals surface area contributed by atoms with Crippen LogP contribution in [0.15, 0.2) is 59.6 Å². The smallest absolute Gasteiger partial charge is 0.193 e. The molecule has 0 radical (unpaired) electrons. The Kier molecular flexibility index (Phi) is 8.84. The lowest BCUT2D eigenvalue weighted by molar-refractivity contribution is 0.281. The molecule has 0 saturated carbocycles. The predicted octanol–water partition coefficient (Wildman–Crippen LogP) is 2.83. The molecule has 2 aromatic carbocycles. The molecule has 0 aliphatic rings. The fourth-order valence-corrected chi connectivity index (χ4v) is 3.57. The molecule has 1 atom stereocenters. The third-order valence-corrected chi connectivity index (χ3v) is 5.39. The van der Waals surface area contributed by atoms with E-state index in [9.17, 15) is 4.21 Å². The molecule has 5 nitrogen and oxygen atoms in total. The fourth-order valence-electron chi connectivity index (χ4n) is 2.53. The standard InChI is InChI=1S/C21H29N3O2S/c1-18-9-11-20(12-10-18)26-15-14-24(3)21(22-2)23-13-16-27(25)17-19-7-5-4-6-8-19/h4-12H,13-17H2,1-3H3,(H,22,23). The van der Waals surface area contributed by atoms with E-state index in [4.69, 9.17) is 4.74 Å². The molecule has 2 rings (SSSR count). The fraction of sp³-hybridized carbons (Fsp3) is 0.381. The van der Waals surface area contributed by atoms with Gasteiger partial charge in [-0.3, -0.25) is 9.20 Å². The number of nitrogens with zero attached hydrogens (tertiary/aromatic N) is 2. The molecule has 27 heavy (non-hydrogen) atoms. The molecule has 0 saturated heterocycles. The van der Waals surface area contributed by atoms with Crippen molar-refractivity contribution in [2.24, 2.45) is 4.99 Å². The molecule has 0 amide bonds. The van der Waals surface area contributed by atoms with Crippen LogP contribution in [0, 0.1) is 6.92 Å². The number of hydrogen-bond donors (Lipinski definition) is 1. The summed E-state index contributed by atoms with van der Waals surface area (Å²) in [4.78, 5) is 6.29. The lowest BCUT2D eigenvalue weighted by atomic mass is 10.2. The second kappa shape index (κ2) is 11.4. The van der Waals surface area contributed by atoms with Gasteiger partial charge in [-0.1, -0.05) is 48.0 Å². The van der Waals surface area contributed by atoms with E-state index in [0.717, 1.165) is 17.3 Å². The van der Waals surface area contributed by atoms with Crippen molar-refractivity contribution in [3.05, 3.63) is 65.7 Å². The summed E-state index contributed by atoms with van der Waals surface area (Å²) in [5.41, 5.74) is 2.32. The Morgan fingerprint density at radius 3 is 2.52 bits per heavy atom. The summed E-state index contributed by atoms with van der Waals surface area (Å²) in [5, 5.41) is 3.27. The number of guanidine groups is 1. The lowest BCUT2D eigenvalue weighted by Crippen LogP contribution is -2.42. The predicted molar refractivity (Wildman–Crippen MR) is 114 cm³/mol. The van der Waals surface area contributed by atoms with Crippen molar-refractivity contribution in [2.75, 3.05) is 39.5 Å². The van der Waals surface area contributed by atoms with Crippen molar-refractivity contribution < 1.29 is 8.95 Å². The highest BCUT2D eigenvalue weighted by Crippen LogP contribution is 2.11. The first kappa shape index (κ1) is 21.0. The molecule has 0 spiro atoms. The van der Waals surface area contributed by atoms with Gasteiger partial charge in [-0.05, 0) is 24.6 Å². The van der Waals surface area contributed by atoms with Crippen molar-refractivity contribution in [2.45, 2.75) is 12.7 Å². The van der Waals surface area contributed by atoms with E-state index in [-0.39, 0.29) is 0 Å². The first-order valence-electron chi connectivity index (χ1n) is 9.08. The minimum Gasteiger partial charge on any atom is -0.492 e. The number of hydrogen-bond acceptors (Lipinski definition) is 3. The minimum absolute atomic E-state index is 0.570. The summed E-state index contributed by atoms with van der Waals surface area (Å²) in [5.74, 6) is 2.82. The van der Waals surface area contributed by atoms with Gasteiger partial charge in [0.25, 0.3) is 0 Å². The van der Waals surface area contributed by atoms with Crippen molar-refractivity contribution in [1.29, 1.82) is 0 Å². The minimum atomic E-state index is -0.896. The number of benzene rings is 2. The van der Waals surface area contributed by atoms with Crippen molar-refractivity contribution in [1.82, 2.24) is 10.2 Å². The average Bonchev–Trinajstić information content (AvgIpc) is 2.67. The summed E-state index contributed by atoms with van der Waals surface area (Å²) in [6.07, 6.45) is 0. The molecule has 1 unspecified atom stereocenters. The number of nitrogens with one attached hydrogen (secondary N) is 1. The van der Waals surface area contributed by atoms with Gasteiger partial charge in [0, 0.05) is 42.9 Å². The van der Waals surface area contributed by atoms with Crippen LogP contribution in [0.5, 0.6) is 5.75 Å². The summed E-state index contributed by atoms with van der Waals surface area (Å²) in [7, 11) is 2.82. The van der Waals surface area contributed by atoms with Gasteiger partial charge < -0.3 is 15.0 Å². The van der Waals surface area contributed by atoms with Gasteiger partial charge in [0.1, 0.15) is 12.4 Å². The molecular weight excluding hydrogens is 358 g/mol. The second-order valence-corrected chi connectivity index (χ2v) is 7.91. The van der Waals surface area contributed by atoms with Gasteiger partial charge in [-0.2, -0.15) is 0 Å². The van der Waals surface area contributed by atoms with E-state index in [1.165, 1.54) is 5.56 Å². The van der Waals surface area contributed by atoms with Gasteiger partial charge in [-0.15, -0.1) is 0 Å².